The van der Waals surface area contributed by atoms with E-state index in [-0.39, 0.29) is 41.5 Å². The van der Waals surface area contributed by atoms with E-state index in [1.54, 1.807) is 28.6 Å². The van der Waals surface area contributed by atoms with Gasteiger partial charge in [0.1, 0.15) is 6.04 Å². The molecule has 1 unspecified atom stereocenters. The molecule has 3 amide bonds. The average molecular weight is 488 g/mol. The number of thioether (sulfide) groups is 1. The van der Waals surface area contributed by atoms with Crippen molar-refractivity contribution in [3.05, 3.63) is 24.3 Å². The molecule has 6 atom stereocenters. The topological polar surface area (TPSA) is 81.2 Å². The third-order valence-corrected chi connectivity index (χ3v) is 10.4. The summed E-state index contributed by atoms with van der Waals surface area (Å²) in [5, 5.41) is 10.2. The second-order valence-corrected chi connectivity index (χ2v) is 12.4. The first-order valence-electron chi connectivity index (χ1n) is 12.8. The van der Waals surface area contributed by atoms with Gasteiger partial charge in [-0.2, -0.15) is 0 Å². The van der Waals surface area contributed by atoms with Crippen LogP contribution in [0.25, 0.3) is 0 Å². The fourth-order valence-corrected chi connectivity index (χ4v) is 8.91. The van der Waals surface area contributed by atoms with Crippen LogP contribution in [0.3, 0.4) is 0 Å². The standard InChI is InChI=1S/C26H37N3O4S/c1-16(2)18(15-30)29-22-25(33)28(17-9-5-4-6-10-17)14-8-12-26(22)21(24(29)32)20-19(34-26)11-7-13-27(3)23(20)31/h7-8,11-12,16-22,30H,4-6,9-10,13-15H2,1-3H3/t18-,19+,20-,21-,22?,26-/m0/s1. The van der Waals surface area contributed by atoms with Crippen molar-refractivity contribution in [3.63, 3.8) is 0 Å². The monoisotopic (exact) mass is 487 g/mol. The molecule has 0 aromatic carbocycles. The van der Waals surface area contributed by atoms with Crippen molar-refractivity contribution in [2.45, 2.75) is 74.1 Å². The highest BCUT2D eigenvalue weighted by Crippen LogP contribution is 2.61. The number of amides is 3. The van der Waals surface area contributed by atoms with Crippen molar-refractivity contribution in [1.82, 2.24) is 14.7 Å². The van der Waals surface area contributed by atoms with Crippen molar-refractivity contribution < 1.29 is 19.5 Å². The first-order chi connectivity index (χ1) is 16.3. The molecular formula is C26H37N3O4S. The number of nitrogens with zero attached hydrogens (tertiary/aromatic N) is 3. The normalized spacial score (nSPS) is 37.1. The number of hydrogen-bond acceptors (Lipinski definition) is 5. The summed E-state index contributed by atoms with van der Waals surface area (Å²) in [4.78, 5) is 47.4. The quantitative estimate of drug-likeness (QED) is 0.614. The Morgan fingerprint density at radius 2 is 1.79 bits per heavy atom. The van der Waals surface area contributed by atoms with Crippen molar-refractivity contribution >= 4 is 29.5 Å². The summed E-state index contributed by atoms with van der Waals surface area (Å²) in [6, 6.07) is -0.973. The molecule has 5 rings (SSSR count). The summed E-state index contributed by atoms with van der Waals surface area (Å²) < 4.78 is -0.798. The minimum atomic E-state index is -0.798. The second-order valence-electron chi connectivity index (χ2n) is 10.9. The minimum absolute atomic E-state index is 0.0128. The van der Waals surface area contributed by atoms with Gasteiger partial charge in [-0.1, -0.05) is 57.4 Å². The zero-order valence-electron chi connectivity index (χ0n) is 20.4. The van der Waals surface area contributed by atoms with Crippen LogP contribution in [0.4, 0.5) is 0 Å². The first-order valence-corrected chi connectivity index (χ1v) is 13.7. The molecule has 34 heavy (non-hydrogen) atoms. The highest BCUT2D eigenvalue weighted by molar-refractivity contribution is 8.02. The Morgan fingerprint density at radius 1 is 1.06 bits per heavy atom. The SMILES string of the molecule is CC(C)[C@H](CO)N1C(=O)[C@@H]2[C@H]3C(=O)N(C)CC=C[C@H]3S[C@@]23C=CCN(C2CCCCC2)C(=O)C13. The molecule has 0 aromatic heterocycles. The highest BCUT2D eigenvalue weighted by Gasteiger charge is 2.71. The molecule has 0 radical (unpaired) electrons. The smallest absolute Gasteiger partial charge is 0.247 e. The van der Waals surface area contributed by atoms with E-state index in [0.717, 1.165) is 25.7 Å². The molecule has 186 valence electrons. The number of hydrogen-bond donors (Lipinski definition) is 1. The number of fused-ring (bicyclic) bond motifs is 2. The summed E-state index contributed by atoms with van der Waals surface area (Å²) in [5.41, 5.74) is 0. The van der Waals surface area contributed by atoms with E-state index in [4.69, 9.17) is 0 Å². The Balaban J connectivity index is 1.62. The van der Waals surface area contributed by atoms with Crippen LogP contribution < -0.4 is 0 Å². The Kier molecular flexibility index (Phi) is 6.34. The maximum atomic E-state index is 14.4. The molecule has 4 heterocycles. The lowest BCUT2D eigenvalue weighted by Crippen LogP contribution is -2.59. The zero-order valence-corrected chi connectivity index (χ0v) is 21.2. The van der Waals surface area contributed by atoms with Gasteiger partial charge in [-0.3, -0.25) is 14.4 Å². The van der Waals surface area contributed by atoms with Crippen LogP contribution in [0.15, 0.2) is 24.3 Å². The van der Waals surface area contributed by atoms with Gasteiger partial charge in [0.05, 0.1) is 29.2 Å². The van der Waals surface area contributed by atoms with Gasteiger partial charge in [-0.25, -0.2) is 0 Å². The average Bonchev–Trinajstić information content (AvgIpc) is 3.14. The number of rotatable bonds is 4. The largest absolute Gasteiger partial charge is 0.394 e. The van der Waals surface area contributed by atoms with Gasteiger partial charge in [0.2, 0.25) is 17.7 Å². The summed E-state index contributed by atoms with van der Waals surface area (Å²) in [6.45, 7) is 4.84. The second kappa shape index (κ2) is 9.01. The number of aliphatic hydroxyl groups is 1. The summed E-state index contributed by atoms with van der Waals surface area (Å²) >= 11 is 1.62. The highest BCUT2D eigenvalue weighted by atomic mass is 32.2. The van der Waals surface area contributed by atoms with Gasteiger partial charge in [-0.05, 0) is 18.8 Å². The maximum absolute atomic E-state index is 14.4. The van der Waals surface area contributed by atoms with Gasteiger partial charge in [0.15, 0.2) is 0 Å². The van der Waals surface area contributed by atoms with Crippen molar-refractivity contribution in [2.24, 2.45) is 17.8 Å². The molecule has 0 aromatic rings. The van der Waals surface area contributed by atoms with Gasteiger partial charge < -0.3 is 19.8 Å². The Morgan fingerprint density at radius 3 is 2.47 bits per heavy atom. The van der Waals surface area contributed by atoms with Crippen LogP contribution in [0.2, 0.25) is 0 Å². The molecule has 1 spiro atoms. The van der Waals surface area contributed by atoms with E-state index in [1.165, 1.54) is 6.42 Å². The van der Waals surface area contributed by atoms with Gasteiger partial charge in [-0.15, -0.1) is 11.8 Å². The van der Waals surface area contributed by atoms with Crippen molar-refractivity contribution in [3.8, 4) is 0 Å². The van der Waals surface area contributed by atoms with Crippen LogP contribution in [-0.4, -0.2) is 92.4 Å². The number of aliphatic hydroxyl groups excluding tert-OH is 1. The minimum Gasteiger partial charge on any atom is -0.394 e. The molecule has 2 saturated heterocycles. The third kappa shape index (κ3) is 3.47. The molecule has 1 N–H and O–H groups in total. The molecule has 4 aliphatic heterocycles. The predicted molar refractivity (Wildman–Crippen MR) is 132 cm³/mol. The van der Waals surface area contributed by atoms with Crippen LogP contribution in [0.5, 0.6) is 0 Å². The van der Waals surface area contributed by atoms with Gasteiger partial charge in [0, 0.05) is 31.4 Å². The van der Waals surface area contributed by atoms with E-state index in [0.29, 0.717) is 13.1 Å². The fourth-order valence-electron chi connectivity index (χ4n) is 6.92. The number of likely N-dealkylation sites (tertiary alicyclic amines) is 1. The van der Waals surface area contributed by atoms with Crippen molar-refractivity contribution in [2.75, 3.05) is 26.7 Å². The molecule has 7 nitrogen and oxygen atoms in total. The molecular weight excluding hydrogens is 450 g/mol. The molecule has 3 fully saturated rings. The lowest BCUT2D eigenvalue weighted by Gasteiger charge is -2.42. The third-order valence-electron chi connectivity index (χ3n) is 8.66. The van der Waals surface area contributed by atoms with E-state index in [9.17, 15) is 19.5 Å². The fraction of sp³-hybridized carbons (Fsp3) is 0.731. The van der Waals surface area contributed by atoms with Gasteiger partial charge >= 0.3 is 0 Å². The number of carbonyl (C=O) groups is 3. The van der Waals surface area contributed by atoms with E-state index < -0.39 is 28.7 Å². The van der Waals surface area contributed by atoms with Crippen molar-refractivity contribution in [1.29, 1.82) is 0 Å². The molecule has 0 bridgehead atoms. The molecule has 8 heteroatoms. The van der Waals surface area contributed by atoms with E-state index >= 15 is 0 Å². The predicted octanol–water partition coefficient (Wildman–Crippen LogP) is 2.06. The Bertz CT molecular complexity index is 914. The van der Waals surface area contributed by atoms with Crippen LogP contribution in [0.1, 0.15) is 46.0 Å². The first kappa shape index (κ1) is 23.9. The van der Waals surface area contributed by atoms with Crippen LogP contribution >= 0.6 is 11.8 Å². The Labute approximate surface area is 206 Å². The lowest BCUT2D eigenvalue weighted by molar-refractivity contribution is -0.148. The van der Waals surface area contributed by atoms with E-state index in [2.05, 4.69) is 18.2 Å². The number of carbonyl (C=O) groups excluding carboxylic acids is 3. The molecule has 1 aliphatic carbocycles. The summed E-state index contributed by atoms with van der Waals surface area (Å²) in [5.74, 6) is -1.32. The van der Waals surface area contributed by atoms with Crippen LogP contribution in [0, 0.1) is 17.8 Å². The molecule has 5 aliphatic rings. The Hall–Kier alpha value is -1.80. The summed E-state index contributed by atoms with van der Waals surface area (Å²) in [6.07, 6.45) is 13.6. The lowest BCUT2D eigenvalue weighted by atomic mass is 9.78. The maximum Gasteiger partial charge on any atom is 0.247 e. The summed E-state index contributed by atoms with van der Waals surface area (Å²) in [7, 11) is 1.78. The zero-order chi connectivity index (χ0) is 24.2. The van der Waals surface area contributed by atoms with Crippen LogP contribution in [-0.2, 0) is 14.4 Å². The van der Waals surface area contributed by atoms with E-state index in [1.807, 2.05) is 24.8 Å². The molecule has 1 saturated carbocycles. The number of likely N-dealkylation sites (N-methyl/N-ethyl adjacent to an activating group) is 1. The van der Waals surface area contributed by atoms with Gasteiger partial charge in [0.25, 0.3) is 0 Å².